The topological polar surface area (TPSA) is 0 Å². The van der Waals surface area contributed by atoms with Gasteiger partial charge in [-0.05, 0) is 6.32 Å². The molecule has 0 unspecified atom stereocenters. The van der Waals surface area contributed by atoms with Gasteiger partial charge in [-0.2, -0.15) is 0 Å². The van der Waals surface area contributed by atoms with Crippen LogP contribution in [0.3, 0.4) is 0 Å². The molecule has 101 valence electrons. The zero-order valence-corrected chi connectivity index (χ0v) is 14.8. The fraction of sp³-hybridized carbons (Fsp3) is 0.0526. The fourth-order valence-corrected chi connectivity index (χ4v) is 2.65. The van der Waals surface area contributed by atoms with Crippen molar-refractivity contribution in [2.45, 2.75) is 6.32 Å². The van der Waals surface area contributed by atoms with E-state index in [1.54, 1.807) is 0 Å². The molecule has 0 nitrogen and oxygen atoms in total. The molecule has 0 aliphatic heterocycles. The molecule has 21 heavy (non-hydrogen) atoms. The molecule has 1 radical (unpaired) electrons. The zero-order valence-electron chi connectivity index (χ0n) is 11.9. The second kappa shape index (κ2) is 8.49. The fourth-order valence-electron chi connectivity index (χ4n) is 2.65. The molecule has 0 saturated carbocycles. The first-order chi connectivity index (χ1) is 9.93. The van der Waals surface area contributed by atoms with Gasteiger partial charge >= 0.3 is 0 Å². The maximum atomic E-state index is 2.22. The molecule has 0 heterocycles. The Balaban J connectivity index is 0.00000161. The summed E-state index contributed by atoms with van der Waals surface area (Å²) in [7, 11) is 0. The van der Waals surface area contributed by atoms with Crippen LogP contribution in [0.5, 0.6) is 0 Å². The predicted molar refractivity (Wildman–Crippen MR) is 88.1 cm³/mol. The molecule has 3 aromatic rings. The summed E-state index contributed by atoms with van der Waals surface area (Å²) in [4.78, 5) is 0. The monoisotopic (exact) mass is 401 g/mol. The van der Waals surface area contributed by atoms with Crippen LogP contribution >= 0.6 is 0 Å². The molecule has 3 rings (SSSR count). The van der Waals surface area contributed by atoms with E-state index in [9.17, 15) is 0 Å². The molecule has 0 aromatic heterocycles. The number of rotatable bonds is 4. The summed E-state index contributed by atoms with van der Waals surface area (Å²) in [6, 6.07) is 32.2. The smallest absolute Gasteiger partial charge is 0.0738 e. The standard InChI is InChI=1S/C19H17B.Pm/c1-4-10-17(11-5-1)16-20(18-12-6-2-7-13-18)19-14-8-3-9-15-19;/h1-15H,16H2;. The van der Waals surface area contributed by atoms with Crippen molar-refractivity contribution in [3.63, 3.8) is 0 Å². The Bertz CT molecular complexity index is 599. The first kappa shape index (κ1) is 16.4. The van der Waals surface area contributed by atoms with Crippen LogP contribution in [0.25, 0.3) is 0 Å². The summed E-state index contributed by atoms with van der Waals surface area (Å²) in [6.45, 7) is 0.416. The molecule has 0 N–H and O–H groups in total. The van der Waals surface area contributed by atoms with E-state index in [-0.39, 0.29) is 40.4 Å². The predicted octanol–water partition coefficient (Wildman–Crippen LogP) is 3.08. The van der Waals surface area contributed by atoms with Crippen LogP contribution in [0, 0.1) is 40.4 Å². The number of hydrogen-bond donors (Lipinski definition) is 0. The van der Waals surface area contributed by atoms with Crippen molar-refractivity contribution >= 4 is 17.6 Å². The van der Waals surface area contributed by atoms with Crippen molar-refractivity contribution in [2.24, 2.45) is 0 Å². The minimum absolute atomic E-state index is 0. The summed E-state index contributed by atoms with van der Waals surface area (Å²) in [6.07, 6.45) is 1.04. The van der Waals surface area contributed by atoms with E-state index in [0.717, 1.165) is 6.32 Å². The SMILES string of the molecule is [Pm].c1ccc(CB(c2ccccc2)c2ccccc2)cc1. The molecule has 0 fully saturated rings. The van der Waals surface area contributed by atoms with E-state index < -0.39 is 0 Å². The van der Waals surface area contributed by atoms with Crippen LogP contribution in [-0.2, 0) is 6.32 Å². The van der Waals surface area contributed by atoms with Crippen LogP contribution in [0.15, 0.2) is 91.0 Å². The van der Waals surface area contributed by atoms with Crippen molar-refractivity contribution in [1.82, 2.24) is 0 Å². The van der Waals surface area contributed by atoms with E-state index in [1.807, 2.05) is 0 Å². The van der Waals surface area contributed by atoms with Crippen LogP contribution < -0.4 is 10.9 Å². The van der Waals surface area contributed by atoms with E-state index >= 15 is 0 Å². The Morgan fingerprint density at radius 1 is 0.524 bits per heavy atom. The van der Waals surface area contributed by atoms with Crippen molar-refractivity contribution in [3.05, 3.63) is 96.6 Å². The Hall–Kier alpha value is -0.937. The molecule has 0 saturated heterocycles. The number of benzene rings is 3. The molecule has 0 aliphatic carbocycles. The summed E-state index contributed by atoms with van der Waals surface area (Å²) in [5.74, 6) is 0. The third-order valence-corrected chi connectivity index (χ3v) is 3.69. The van der Waals surface area contributed by atoms with Gasteiger partial charge in [0.25, 0.3) is 0 Å². The van der Waals surface area contributed by atoms with Crippen LogP contribution in [0.4, 0.5) is 0 Å². The molecule has 0 spiro atoms. The maximum Gasteiger partial charge on any atom is 0.213 e. The average Bonchev–Trinajstić information content (AvgIpc) is 2.55. The van der Waals surface area contributed by atoms with E-state index in [4.69, 9.17) is 0 Å². The van der Waals surface area contributed by atoms with Gasteiger partial charge in [0.2, 0.25) is 6.71 Å². The normalized spacial score (nSPS) is 9.71. The number of hydrogen-bond acceptors (Lipinski definition) is 0. The quantitative estimate of drug-likeness (QED) is 0.590. The Morgan fingerprint density at radius 2 is 0.905 bits per heavy atom. The second-order valence-electron chi connectivity index (χ2n) is 5.06. The molecule has 3 aromatic carbocycles. The molecule has 0 aliphatic rings. The van der Waals surface area contributed by atoms with Gasteiger partial charge in [-0.15, -0.1) is 0 Å². The van der Waals surface area contributed by atoms with Crippen molar-refractivity contribution in [2.75, 3.05) is 0 Å². The van der Waals surface area contributed by atoms with Crippen molar-refractivity contribution in [3.8, 4) is 0 Å². The first-order valence-electron chi connectivity index (χ1n) is 7.07. The Labute approximate surface area is 159 Å². The van der Waals surface area contributed by atoms with Gasteiger partial charge in [0.05, 0.1) is 0 Å². The van der Waals surface area contributed by atoms with Gasteiger partial charge in [-0.1, -0.05) is 107 Å². The summed E-state index contributed by atoms with van der Waals surface area (Å²) in [5, 5.41) is 0. The van der Waals surface area contributed by atoms with Gasteiger partial charge in [0, 0.05) is 40.4 Å². The van der Waals surface area contributed by atoms with Crippen LogP contribution in [0.2, 0.25) is 0 Å². The molecule has 0 bridgehead atoms. The van der Waals surface area contributed by atoms with Crippen LogP contribution in [-0.4, -0.2) is 6.71 Å². The van der Waals surface area contributed by atoms with Gasteiger partial charge in [0.15, 0.2) is 0 Å². The van der Waals surface area contributed by atoms with Crippen molar-refractivity contribution < 1.29 is 40.4 Å². The first-order valence-corrected chi connectivity index (χ1v) is 7.07. The van der Waals surface area contributed by atoms with E-state index in [2.05, 4.69) is 91.0 Å². The van der Waals surface area contributed by atoms with E-state index in [0.29, 0.717) is 6.71 Å². The average molecular weight is 401 g/mol. The molecule has 2 heteroatoms. The molecule has 0 atom stereocenters. The third kappa shape index (κ3) is 4.51. The van der Waals surface area contributed by atoms with Gasteiger partial charge in [0.1, 0.15) is 0 Å². The Kier molecular flexibility index (Phi) is 6.65. The van der Waals surface area contributed by atoms with Crippen LogP contribution in [0.1, 0.15) is 5.56 Å². The maximum absolute atomic E-state index is 2.22. The molecule has 0 amide bonds. The Morgan fingerprint density at radius 3 is 1.33 bits per heavy atom. The largest absolute Gasteiger partial charge is 0.213 e. The van der Waals surface area contributed by atoms with Crippen molar-refractivity contribution in [1.29, 1.82) is 0 Å². The van der Waals surface area contributed by atoms with E-state index in [1.165, 1.54) is 16.5 Å². The summed E-state index contributed by atoms with van der Waals surface area (Å²) in [5.41, 5.74) is 4.13. The molecular weight excluding hydrogens is 384 g/mol. The van der Waals surface area contributed by atoms with Gasteiger partial charge in [-0.3, -0.25) is 0 Å². The minimum atomic E-state index is 0. The second-order valence-corrected chi connectivity index (χ2v) is 5.06. The third-order valence-electron chi connectivity index (χ3n) is 3.69. The van der Waals surface area contributed by atoms with Gasteiger partial charge < -0.3 is 0 Å². The minimum Gasteiger partial charge on any atom is -0.0738 e. The summed E-state index contributed by atoms with van der Waals surface area (Å²) < 4.78 is 0. The van der Waals surface area contributed by atoms with Gasteiger partial charge in [-0.25, -0.2) is 0 Å². The summed E-state index contributed by atoms with van der Waals surface area (Å²) >= 11 is 0. The molecular formula is C19H17BPm. The zero-order chi connectivity index (χ0) is 13.6.